The Bertz CT molecular complexity index is 545. The molecular weight excluding hydrogens is 290 g/mol. The molecule has 0 unspecified atom stereocenters. The molecule has 0 aromatic heterocycles. The van der Waals surface area contributed by atoms with E-state index >= 15 is 0 Å². The molecule has 1 fully saturated rings. The zero-order valence-electron chi connectivity index (χ0n) is 12.4. The van der Waals surface area contributed by atoms with Gasteiger partial charge in [0.1, 0.15) is 5.75 Å². The summed E-state index contributed by atoms with van der Waals surface area (Å²) in [6.07, 6.45) is 0.829. The molecule has 2 rings (SSSR count). The number of benzene rings is 1. The molecule has 1 aliphatic heterocycles. The first-order chi connectivity index (χ1) is 10.1. The van der Waals surface area contributed by atoms with Crippen LogP contribution in [0.4, 0.5) is 0 Å². The van der Waals surface area contributed by atoms with Crippen molar-refractivity contribution in [2.75, 3.05) is 46.4 Å². The quantitative estimate of drug-likeness (QED) is 0.849. The van der Waals surface area contributed by atoms with Crippen LogP contribution in [0.3, 0.4) is 0 Å². The van der Waals surface area contributed by atoms with Crippen LogP contribution in [0.15, 0.2) is 29.2 Å². The Balaban J connectivity index is 2.11. The molecule has 6 nitrogen and oxygen atoms in total. The number of nitrogens with zero attached hydrogens (tertiary/aromatic N) is 2. The lowest BCUT2D eigenvalue weighted by atomic mass is 10.3. The van der Waals surface area contributed by atoms with E-state index < -0.39 is 10.0 Å². The fourth-order valence-electron chi connectivity index (χ4n) is 2.49. The summed E-state index contributed by atoms with van der Waals surface area (Å²) in [5, 5.41) is 0. The van der Waals surface area contributed by atoms with E-state index in [0.717, 1.165) is 26.1 Å². The Morgan fingerprint density at radius 3 is 2.48 bits per heavy atom. The standard InChI is InChI=1S/C14H23N3O3S/c1-20-13-3-5-14(6-4-13)21(18,19)17-9-2-8-16(10-7-15)11-12-17/h3-6H,2,7-12,15H2,1H3. The van der Waals surface area contributed by atoms with Gasteiger partial charge in [-0.05, 0) is 37.2 Å². The van der Waals surface area contributed by atoms with Gasteiger partial charge in [0.25, 0.3) is 0 Å². The summed E-state index contributed by atoms with van der Waals surface area (Å²) < 4.78 is 31.9. The first-order valence-electron chi connectivity index (χ1n) is 7.14. The van der Waals surface area contributed by atoms with Crippen LogP contribution in [0.25, 0.3) is 0 Å². The SMILES string of the molecule is COc1ccc(S(=O)(=O)N2CCCN(CCN)CC2)cc1. The third kappa shape index (κ3) is 3.94. The summed E-state index contributed by atoms with van der Waals surface area (Å²) in [5.41, 5.74) is 5.56. The minimum Gasteiger partial charge on any atom is -0.497 e. The van der Waals surface area contributed by atoms with E-state index in [1.165, 1.54) is 0 Å². The van der Waals surface area contributed by atoms with E-state index in [-0.39, 0.29) is 0 Å². The van der Waals surface area contributed by atoms with Gasteiger partial charge in [-0.15, -0.1) is 0 Å². The summed E-state index contributed by atoms with van der Waals surface area (Å²) >= 11 is 0. The van der Waals surface area contributed by atoms with Crippen LogP contribution in [0.5, 0.6) is 5.75 Å². The highest BCUT2D eigenvalue weighted by Gasteiger charge is 2.26. The van der Waals surface area contributed by atoms with Gasteiger partial charge in [-0.3, -0.25) is 0 Å². The molecule has 1 aromatic rings. The molecule has 1 saturated heterocycles. The van der Waals surface area contributed by atoms with Crippen molar-refractivity contribution in [3.05, 3.63) is 24.3 Å². The van der Waals surface area contributed by atoms with E-state index in [2.05, 4.69) is 4.90 Å². The smallest absolute Gasteiger partial charge is 0.243 e. The highest BCUT2D eigenvalue weighted by molar-refractivity contribution is 7.89. The number of hydrogen-bond donors (Lipinski definition) is 1. The van der Waals surface area contributed by atoms with Crippen molar-refractivity contribution in [1.82, 2.24) is 9.21 Å². The molecule has 0 amide bonds. The molecule has 0 atom stereocenters. The molecule has 1 aromatic carbocycles. The fraction of sp³-hybridized carbons (Fsp3) is 0.571. The summed E-state index contributed by atoms with van der Waals surface area (Å²) in [6.45, 7) is 4.10. The predicted molar refractivity (Wildman–Crippen MR) is 81.9 cm³/mol. The van der Waals surface area contributed by atoms with Crippen LogP contribution in [0.1, 0.15) is 6.42 Å². The molecule has 7 heteroatoms. The molecule has 0 aliphatic carbocycles. The second kappa shape index (κ2) is 7.22. The number of rotatable bonds is 5. The lowest BCUT2D eigenvalue weighted by molar-refractivity contribution is 0.294. The van der Waals surface area contributed by atoms with Crippen molar-refractivity contribution < 1.29 is 13.2 Å². The minimum absolute atomic E-state index is 0.315. The second-order valence-electron chi connectivity index (χ2n) is 5.06. The van der Waals surface area contributed by atoms with Gasteiger partial charge in [-0.25, -0.2) is 8.42 Å². The number of ether oxygens (including phenoxy) is 1. The Kier molecular flexibility index (Phi) is 5.58. The van der Waals surface area contributed by atoms with E-state index in [1.807, 2.05) is 0 Å². The topological polar surface area (TPSA) is 75.9 Å². The van der Waals surface area contributed by atoms with E-state index in [4.69, 9.17) is 10.5 Å². The number of hydrogen-bond acceptors (Lipinski definition) is 5. The highest BCUT2D eigenvalue weighted by atomic mass is 32.2. The van der Waals surface area contributed by atoms with Crippen LogP contribution >= 0.6 is 0 Å². The Morgan fingerprint density at radius 2 is 1.86 bits per heavy atom. The van der Waals surface area contributed by atoms with Gasteiger partial charge in [0.05, 0.1) is 12.0 Å². The van der Waals surface area contributed by atoms with Gasteiger partial charge < -0.3 is 15.4 Å². The third-order valence-corrected chi connectivity index (χ3v) is 5.60. The molecule has 0 bridgehead atoms. The number of methoxy groups -OCH3 is 1. The summed E-state index contributed by atoms with van der Waals surface area (Å²) in [4.78, 5) is 2.53. The van der Waals surface area contributed by atoms with Crippen molar-refractivity contribution in [1.29, 1.82) is 0 Å². The van der Waals surface area contributed by atoms with Gasteiger partial charge in [-0.2, -0.15) is 4.31 Å². The third-order valence-electron chi connectivity index (χ3n) is 3.69. The largest absolute Gasteiger partial charge is 0.497 e. The lowest BCUT2D eigenvalue weighted by Gasteiger charge is -2.21. The van der Waals surface area contributed by atoms with Crippen LogP contribution in [0.2, 0.25) is 0 Å². The maximum absolute atomic E-state index is 12.6. The Hall–Kier alpha value is -1.15. The van der Waals surface area contributed by atoms with E-state index in [9.17, 15) is 8.42 Å². The van der Waals surface area contributed by atoms with E-state index in [1.54, 1.807) is 35.7 Å². The van der Waals surface area contributed by atoms with Crippen LogP contribution in [0, 0.1) is 0 Å². The average Bonchev–Trinajstić information content (AvgIpc) is 2.74. The molecule has 0 radical (unpaired) electrons. The first-order valence-corrected chi connectivity index (χ1v) is 8.58. The van der Waals surface area contributed by atoms with E-state index in [0.29, 0.717) is 30.3 Å². The van der Waals surface area contributed by atoms with Crippen molar-refractivity contribution in [2.24, 2.45) is 5.73 Å². The Morgan fingerprint density at radius 1 is 1.14 bits per heavy atom. The molecule has 2 N–H and O–H groups in total. The lowest BCUT2D eigenvalue weighted by Crippen LogP contribution is -2.36. The summed E-state index contributed by atoms with van der Waals surface area (Å²) in [7, 11) is -1.87. The molecular formula is C14H23N3O3S. The van der Waals surface area contributed by atoms with Crippen LogP contribution in [-0.2, 0) is 10.0 Å². The molecule has 118 valence electrons. The summed E-state index contributed by atoms with van der Waals surface area (Å²) in [6, 6.07) is 6.53. The fourth-order valence-corrected chi connectivity index (χ4v) is 3.96. The van der Waals surface area contributed by atoms with Crippen LogP contribution in [-0.4, -0.2) is 64.0 Å². The molecule has 21 heavy (non-hydrogen) atoms. The monoisotopic (exact) mass is 313 g/mol. The average molecular weight is 313 g/mol. The molecule has 1 aliphatic rings. The zero-order valence-corrected chi connectivity index (χ0v) is 13.2. The number of nitrogens with two attached hydrogens (primary N) is 1. The normalized spacial score (nSPS) is 18.4. The molecule has 0 saturated carbocycles. The van der Waals surface area contributed by atoms with Crippen molar-refractivity contribution in [3.8, 4) is 5.75 Å². The van der Waals surface area contributed by atoms with Crippen molar-refractivity contribution in [3.63, 3.8) is 0 Å². The Labute approximate surface area is 126 Å². The van der Waals surface area contributed by atoms with Gasteiger partial charge >= 0.3 is 0 Å². The molecule has 1 heterocycles. The van der Waals surface area contributed by atoms with Gasteiger partial charge in [0.15, 0.2) is 0 Å². The highest BCUT2D eigenvalue weighted by Crippen LogP contribution is 2.20. The van der Waals surface area contributed by atoms with Gasteiger partial charge in [0.2, 0.25) is 10.0 Å². The number of sulfonamides is 1. The van der Waals surface area contributed by atoms with Gasteiger partial charge in [-0.1, -0.05) is 0 Å². The first kappa shape index (κ1) is 16.2. The summed E-state index contributed by atoms with van der Waals surface area (Å²) in [5.74, 6) is 0.652. The van der Waals surface area contributed by atoms with Gasteiger partial charge in [0, 0.05) is 32.7 Å². The maximum Gasteiger partial charge on any atom is 0.243 e. The minimum atomic E-state index is -3.43. The van der Waals surface area contributed by atoms with Crippen LogP contribution < -0.4 is 10.5 Å². The molecule has 0 spiro atoms. The maximum atomic E-state index is 12.6. The second-order valence-corrected chi connectivity index (χ2v) is 7.00. The zero-order chi connectivity index (χ0) is 15.3. The van der Waals surface area contributed by atoms with Crippen molar-refractivity contribution >= 4 is 10.0 Å². The van der Waals surface area contributed by atoms with Crippen molar-refractivity contribution in [2.45, 2.75) is 11.3 Å². The predicted octanol–water partition coefficient (Wildman–Crippen LogP) is 0.350.